The number of methoxy groups -OCH3 is 1. The van der Waals surface area contributed by atoms with Crippen LogP contribution in [0.15, 0.2) is 24.3 Å². The highest BCUT2D eigenvalue weighted by molar-refractivity contribution is 5.86. The topological polar surface area (TPSA) is 79.9 Å². The summed E-state index contributed by atoms with van der Waals surface area (Å²) in [7, 11) is 3.44. The second-order valence-corrected chi connectivity index (χ2v) is 6.38. The molecule has 7 nitrogen and oxygen atoms in total. The average molecular weight is 347 g/mol. The van der Waals surface area contributed by atoms with Gasteiger partial charge in [0.2, 0.25) is 5.91 Å². The minimum absolute atomic E-state index is 0.0483. The van der Waals surface area contributed by atoms with Crippen LogP contribution in [0.5, 0.6) is 5.75 Å². The molecule has 2 aliphatic rings. The largest absolute Gasteiger partial charge is 0.497 e. The highest BCUT2D eigenvalue weighted by Crippen LogP contribution is 2.39. The van der Waals surface area contributed by atoms with Crippen LogP contribution in [0.4, 0.5) is 0 Å². The van der Waals surface area contributed by atoms with Crippen LogP contribution < -0.4 is 15.4 Å². The molecule has 1 aliphatic heterocycles. The molecule has 0 bridgehead atoms. The van der Waals surface area contributed by atoms with Gasteiger partial charge in [0.25, 0.3) is 5.91 Å². The van der Waals surface area contributed by atoms with Crippen LogP contribution in [0.2, 0.25) is 0 Å². The van der Waals surface area contributed by atoms with Gasteiger partial charge in [-0.2, -0.15) is 0 Å². The van der Waals surface area contributed by atoms with E-state index < -0.39 is 12.1 Å². The normalized spacial score (nSPS) is 23.4. The first-order valence-electron chi connectivity index (χ1n) is 8.64. The summed E-state index contributed by atoms with van der Waals surface area (Å²) < 4.78 is 10.9. The minimum atomic E-state index is -0.705. The van der Waals surface area contributed by atoms with Crippen molar-refractivity contribution in [2.24, 2.45) is 0 Å². The number of ether oxygens (including phenoxy) is 2. The highest BCUT2D eigenvalue weighted by atomic mass is 16.5. The zero-order valence-corrected chi connectivity index (χ0v) is 14.7. The molecular formula is C18H25N3O4. The van der Waals surface area contributed by atoms with Crippen molar-refractivity contribution < 1.29 is 19.1 Å². The molecule has 0 unspecified atom stereocenters. The summed E-state index contributed by atoms with van der Waals surface area (Å²) >= 11 is 0. The van der Waals surface area contributed by atoms with Crippen molar-refractivity contribution in [2.75, 3.05) is 33.9 Å². The summed E-state index contributed by atoms with van der Waals surface area (Å²) in [6.45, 7) is 1.14. The third-order valence-corrected chi connectivity index (χ3v) is 4.59. The molecule has 0 aromatic heterocycles. The van der Waals surface area contributed by atoms with Crippen LogP contribution in [0, 0.1) is 0 Å². The highest BCUT2D eigenvalue weighted by Gasteiger charge is 2.47. The maximum absolute atomic E-state index is 12.6. The van der Waals surface area contributed by atoms with Crippen molar-refractivity contribution in [1.82, 2.24) is 15.5 Å². The monoisotopic (exact) mass is 347 g/mol. The summed E-state index contributed by atoms with van der Waals surface area (Å²) in [4.78, 5) is 26.9. The third kappa shape index (κ3) is 3.93. The number of morpholine rings is 1. The van der Waals surface area contributed by atoms with Gasteiger partial charge in [-0.25, -0.2) is 0 Å². The van der Waals surface area contributed by atoms with E-state index >= 15 is 0 Å². The number of carbonyl (C=O) groups excluding carboxylic acids is 2. The molecule has 2 amide bonds. The second-order valence-electron chi connectivity index (χ2n) is 6.38. The molecule has 3 rings (SSSR count). The molecule has 0 radical (unpaired) electrons. The Morgan fingerprint density at radius 3 is 2.60 bits per heavy atom. The number of carbonyl (C=O) groups is 2. The predicted molar refractivity (Wildman–Crippen MR) is 92.3 cm³/mol. The van der Waals surface area contributed by atoms with Crippen molar-refractivity contribution >= 4 is 11.8 Å². The molecule has 1 aromatic carbocycles. The fourth-order valence-corrected chi connectivity index (χ4v) is 3.18. The first-order chi connectivity index (χ1) is 12.2. The molecule has 1 heterocycles. The van der Waals surface area contributed by atoms with Crippen LogP contribution in [-0.4, -0.2) is 62.7 Å². The van der Waals surface area contributed by atoms with E-state index in [0.29, 0.717) is 13.1 Å². The molecule has 7 heteroatoms. The zero-order valence-electron chi connectivity index (χ0n) is 14.7. The van der Waals surface area contributed by atoms with E-state index in [4.69, 9.17) is 9.47 Å². The number of nitrogens with one attached hydrogen (secondary N) is 2. The molecule has 2 atom stereocenters. The number of hydrogen-bond acceptors (Lipinski definition) is 5. The lowest BCUT2D eigenvalue weighted by Gasteiger charge is -2.40. The van der Waals surface area contributed by atoms with Crippen molar-refractivity contribution in [3.63, 3.8) is 0 Å². The van der Waals surface area contributed by atoms with Gasteiger partial charge in [0, 0.05) is 19.1 Å². The van der Waals surface area contributed by atoms with Crippen LogP contribution in [0.3, 0.4) is 0 Å². The van der Waals surface area contributed by atoms with Crippen LogP contribution in [0.1, 0.15) is 24.4 Å². The Hall–Kier alpha value is -2.12. The Bertz CT molecular complexity index is 615. The fourth-order valence-electron chi connectivity index (χ4n) is 3.18. The first-order valence-corrected chi connectivity index (χ1v) is 8.64. The van der Waals surface area contributed by atoms with Gasteiger partial charge in [0.1, 0.15) is 12.4 Å². The lowest BCUT2D eigenvalue weighted by atomic mass is 9.96. The Labute approximate surface area is 147 Å². The molecule has 0 spiro atoms. The van der Waals surface area contributed by atoms with E-state index in [0.717, 1.165) is 24.2 Å². The van der Waals surface area contributed by atoms with Crippen LogP contribution in [-0.2, 0) is 14.3 Å². The zero-order chi connectivity index (χ0) is 17.8. The Kier molecular flexibility index (Phi) is 5.55. The van der Waals surface area contributed by atoms with Crippen LogP contribution in [0.25, 0.3) is 0 Å². The molecule has 1 aromatic rings. The van der Waals surface area contributed by atoms with Gasteiger partial charge in [-0.3, -0.25) is 9.59 Å². The predicted octanol–water partition coefficient (Wildman–Crippen LogP) is 0.462. The molecule has 2 N–H and O–H groups in total. The van der Waals surface area contributed by atoms with E-state index in [-0.39, 0.29) is 24.5 Å². The van der Waals surface area contributed by atoms with Crippen molar-refractivity contribution in [1.29, 1.82) is 0 Å². The molecule has 25 heavy (non-hydrogen) atoms. The quantitative estimate of drug-likeness (QED) is 0.701. The Morgan fingerprint density at radius 2 is 2.00 bits per heavy atom. The summed E-state index contributed by atoms with van der Waals surface area (Å²) in [5.41, 5.74) is 0.884. The van der Waals surface area contributed by atoms with Crippen LogP contribution >= 0.6 is 0 Å². The minimum Gasteiger partial charge on any atom is -0.497 e. The Morgan fingerprint density at radius 1 is 1.28 bits per heavy atom. The maximum atomic E-state index is 12.6. The van der Waals surface area contributed by atoms with Crippen molar-refractivity contribution in [2.45, 2.75) is 31.0 Å². The second kappa shape index (κ2) is 7.84. The van der Waals surface area contributed by atoms with Gasteiger partial charge in [-0.15, -0.1) is 0 Å². The van der Waals surface area contributed by atoms with E-state index in [2.05, 4.69) is 10.6 Å². The Balaban J connectivity index is 1.86. The SMILES string of the molecule is CNCCNC(=O)[C@H]1OCC(=O)N(C2CC2)[C@@H]1c1ccc(OC)cc1. The van der Waals surface area contributed by atoms with E-state index in [9.17, 15) is 9.59 Å². The van der Waals surface area contributed by atoms with E-state index in [1.807, 2.05) is 36.2 Å². The van der Waals surface area contributed by atoms with E-state index in [1.54, 1.807) is 7.11 Å². The number of rotatable bonds is 7. The molecule has 1 aliphatic carbocycles. The lowest BCUT2D eigenvalue weighted by molar-refractivity contribution is -0.165. The number of nitrogens with zero attached hydrogens (tertiary/aromatic N) is 1. The van der Waals surface area contributed by atoms with Crippen molar-refractivity contribution in [3.8, 4) is 5.75 Å². The summed E-state index contributed by atoms with van der Waals surface area (Å²) in [6, 6.07) is 7.28. The standard InChI is InChI=1S/C18H25N3O4/c1-19-9-10-20-18(23)17-16(12-3-7-14(24-2)8-4-12)21(13-5-6-13)15(22)11-25-17/h3-4,7-8,13,16-17,19H,5-6,9-11H2,1-2H3,(H,20,23)/t16-,17+/m1/s1. The molecule has 1 saturated carbocycles. The van der Waals surface area contributed by atoms with Gasteiger partial charge < -0.3 is 25.0 Å². The first kappa shape index (κ1) is 17.7. The summed E-state index contributed by atoms with van der Waals surface area (Å²) in [5.74, 6) is 0.497. The van der Waals surface area contributed by atoms with Gasteiger partial charge >= 0.3 is 0 Å². The molecular weight excluding hydrogens is 322 g/mol. The summed E-state index contributed by atoms with van der Waals surface area (Å²) in [5, 5.41) is 5.87. The third-order valence-electron chi connectivity index (χ3n) is 4.59. The summed E-state index contributed by atoms with van der Waals surface area (Å²) in [6.07, 6.45) is 1.25. The number of amides is 2. The van der Waals surface area contributed by atoms with Gasteiger partial charge in [0.15, 0.2) is 6.10 Å². The van der Waals surface area contributed by atoms with Gasteiger partial charge in [0.05, 0.1) is 13.2 Å². The molecule has 1 saturated heterocycles. The maximum Gasteiger partial charge on any atom is 0.251 e. The van der Waals surface area contributed by atoms with Gasteiger partial charge in [-0.05, 0) is 37.6 Å². The van der Waals surface area contributed by atoms with Crippen molar-refractivity contribution in [3.05, 3.63) is 29.8 Å². The average Bonchev–Trinajstić information content (AvgIpc) is 3.46. The fraction of sp³-hybridized carbons (Fsp3) is 0.556. The number of likely N-dealkylation sites (N-methyl/N-ethyl adjacent to an activating group) is 1. The number of benzene rings is 1. The lowest BCUT2D eigenvalue weighted by Crippen LogP contribution is -2.55. The number of hydrogen-bond donors (Lipinski definition) is 2. The molecule has 2 fully saturated rings. The van der Waals surface area contributed by atoms with Gasteiger partial charge in [-0.1, -0.05) is 12.1 Å². The van der Waals surface area contributed by atoms with E-state index in [1.165, 1.54) is 0 Å². The smallest absolute Gasteiger partial charge is 0.251 e. The molecule has 136 valence electrons.